The monoisotopic (exact) mass is 230 g/mol. The van der Waals surface area contributed by atoms with E-state index in [0.29, 0.717) is 0 Å². The normalized spacial score (nSPS) is 13.5. The highest BCUT2D eigenvalue weighted by Gasteiger charge is 2.28. The summed E-state index contributed by atoms with van der Waals surface area (Å²) in [6.07, 6.45) is -0.673. The van der Waals surface area contributed by atoms with Crippen LogP contribution >= 0.6 is 0 Å². The summed E-state index contributed by atoms with van der Waals surface area (Å²) >= 11 is 0. The lowest BCUT2D eigenvalue weighted by Gasteiger charge is -2.26. The topological polar surface area (TPSA) is 72.6 Å². The first kappa shape index (κ1) is 14.9. The predicted octanol–water partition coefficient (Wildman–Crippen LogP) is 1.36. The van der Waals surface area contributed by atoms with Crippen LogP contribution in [-0.4, -0.2) is 35.6 Å². The van der Waals surface area contributed by atoms with E-state index in [2.05, 4.69) is 0 Å². The second-order valence-electron chi connectivity index (χ2n) is 5.15. The van der Waals surface area contributed by atoms with Crippen molar-refractivity contribution in [3.8, 4) is 0 Å². The summed E-state index contributed by atoms with van der Waals surface area (Å²) in [4.78, 5) is 24.2. The van der Waals surface area contributed by atoms with Gasteiger partial charge >= 0.3 is 6.09 Å². The number of hydrogen-bond acceptors (Lipinski definition) is 4. The van der Waals surface area contributed by atoms with Crippen molar-refractivity contribution in [3.63, 3.8) is 0 Å². The molecule has 2 N–H and O–H groups in total. The highest BCUT2D eigenvalue weighted by atomic mass is 16.6. The number of nitrogens with zero attached hydrogens (tertiary/aromatic N) is 1. The van der Waals surface area contributed by atoms with E-state index in [4.69, 9.17) is 10.5 Å². The Morgan fingerprint density at radius 3 is 2.00 bits per heavy atom. The quantitative estimate of drug-likeness (QED) is 0.777. The third-order valence-corrected chi connectivity index (χ3v) is 2.00. The van der Waals surface area contributed by atoms with Crippen LogP contribution in [0, 0.1) is 5.92 Å². The molecule has 0 aromatic rings. The van der Waals surface area contributed by atoms with Crippen molar-refractivity contribution >= 4 is 12.0 Å². The fourth-order valence-corrected chi connectivity index (χ4v) is 0.929. The Balaban J connectivity index is 4.51. The molecule has 5 nitrogen and oxygen atoms in total. The number of carbonyl (C=O) groups excluding carboxylic acids is 2. The SMILES string of the molecule is CC(C)[C@H](N)C(=O)N(C)C(=O)OC(C)(C)C. The van der Waals surface area contributed by atoms with Gasteiger partial charge in [0.2, 0.25) is 5.91 Å². The number of imide groups is 1. The van der Waals surface area contributed by atoms with Crippen LogP contribution in [0.2, 0.25) is 0 Å². The van der Waals surface area contributed by atoms with Crippen LogP contribution in [-0.2, 0) is 9.53 Å². The van der Waals surface area contributed by atoms with E-state index in [0.717, 1.165) is 4.90 Å². The van der Waals surface area contributed by atoms with Crippen molar-refractivity contribution < 1.29 is 14.3 Å². The predicted molar refractivity (Wildman–Crippen MR) is 61.8 cm³/mol. The molecule has 2 amide bonds. The Labute approximate surface area is 96.9 Å². The number of hydrogen-bond donors (Lipinski definition) is 1. The van der Waals surface area contributed by atoms with E-state index in [1.807, 2.05) is 13.8 Å². The van der Waals surface area contributed by atoms with Gasteiger partial charge in [0.15, 0.2) is 0 Å². The Morgan fingerprint density at radius 2 is 1.69 bits per heavy atom. The van der Waals surface area contributed by atoms with Gasteiger partial charge in [0.1, 0.15) is 5.60 Å². The minimum atomic E-state index is -0.683. The molecule has 0 bridgehead atoms. The maximum atomic E-state index is 11.7. The molecule has 5 heteroatoms. The molecular formula is C11H22N2O3. The number of amides is 2. The summed E-state index contributed by atoms with van der Waals surface area (Å²) in [5.41, 5.74) is 5.05. The van der Waals surface area contributed by atoms with E-state index >= 15 is 0 Å². The van der Waals surface area contributed by atoms with E-state index in [1.54, 1.807) is 20.8 Å². The minimum absolute atomic E-state index is 0.0163. The van der Waals surface area contributed by atoms with Crippen LogP contribution < -0.4 is 5.73 Å². The van der Waals surface area contributed by atoms with Crippen LogP contribution in [0.25, 0.3) is 0 Å². The lowest BCUT2D eigenvalue weighted by atomic mass is 10.0. The molecule has 0 aliphatic carbocycles. The molecule has 0 aliphatic rings. The van der Waals surface area contributed by atoms with Crippen LogP contribution in [0.15, 0.2) is 0 Å². The first-order valence-electron chi connectivity index (χ1n) is 5.32. The molecule has 16 heavy (non-hydrogen) atoms. The first-order valence-corrected chi connectivity index (χ1v) is 5.32. The Kier molecular flexibility index (Phi) is 4.93. The van der Waals surface area contributed by atoms with E-state index < -0.39 is 23.6 Å². The molecule has 0 fully saturated rings. The summed E-state index contributed by atoms with van der Waals surface area (Å²) in [5, 5.41) is 0. The van der Waals surface area contributed by atoms with Crippen molar-refractivity contribution in [1.29, 1.82) is 0 Å². The van der Waals surface area contributed by atoms with Gasteiger partial charge in [-0.1, -0.05) is 13.8 Å². The van der Waals surface area contributed by atoms with Crippen molar-refractivity contribution in [2.24, 2.45) is 11.7 Å². The summed E-state index contributed by atoms with van der Waals surface area (Å²) in [7, 11) is 1.37. The second kappa shape index (κ2) is 5.30. The molecule has 0 aromatic heterocycles. The average Bonchev–Trinajstić information content (AvgIpc) is 2.11. The van der Waals surface area contributed by atoms with Crippen LogP contribution in [0.5, 0.6) is 0 Å². The fraction of sp³-hybridized carbons (Fsp3) is 0.818. The Hall–Kier alpha value is -1.10. The number of rotatable bonds is 2. The second-order valence-corrected chi connectivity index (χ2v) is 5.15. The Morgan fingerprint density at radius 1 is 1.25 bits per heavy atom. The van der Waals surface area contributed by atoms with E-state index in [-0.39, 0.29) is 5.92 Å². The van der Waals surface area contributed by atoms with Crippen LogP contribution in [0.3, 0.4) is 0 Å². The highest BCUT2D eigenvalue weighted by molar-refractivity contribution is 5.94. The van der Waals surface area contributed by atoms with Gasteiger partial charge in [-0.15, -0.1) is 0 Å². The fourth-order valence-electron chi connectivity index (χ4n) is 0.929. The van der Waals surface area contributed by atoms with Gasteiger partial charge in [0, 0.05) is 7.05 Å². The van der Waals surface area contributed by atoms with Gasteiger partial charge in [-0.2, -0.15) is 0 Å². The molecule has 0 spiro atoms. The Bertz CT molecular complexity index is 269. The summed E-state index contributed by atoms with van der Waals surface area (Å²) in [6, 6.07) is -0.683. The van der Waals surface area contributed by atoms with Crippen molar-refractivity contribution in [2.45, 2.75) is 46.3 Å². The number of likely N-dealkylation sites (N-methyl/N-ethyl adjacent to an activating group) is 1. The van der Waals surface area contributed by atoms with Crippen molar-refractivity contribution in [2.75, 3.05) is 7.05 Å². The minimum Gasteiger partial charge on any atom is -0.443 e. The van der Waals surface area contributed by atoms with Crippen LogP contribution in [0.1, 0.15) is 34.6 Å². The molecule has 1 atom stereocenters. The molecule has 0 unspecified atom stereocenters. The third-order valence-electron chi connectivity index (χ3n) is 2.00. The van der Waals surface area contributed by atoms with Gasteiger partial charge < -0.3 is 10.5 Å². The maximum Gasteiger partial charge on any atom is 0.416 e. The molecular weight excluding hydrogens is 208 g/mol. The lowest BCUT2D eigenvalue weighted by Crippen LogP contribution is -2.48. The molecule has 94 valence electrons. The van der Waals surface area contributed by atoms with Crippen molar-refractivity contribution in [3.05, 3.63) is 0 Å². The van der Waals surface area contributed by atoms with Crippen LogP contribution in [0.4, 0.5) is 4.79 Å². The average molecular weight is 230 g/mol. The lowest BCUT2D eigenvalue weighted by molar-refractivity contribution is -0.131. The molecule has 0 heterocycles. The smallest absolute Gasteiger partial charge is 0.416 e. The van der Waals surface area contributed by atoms with E-state index in [1.165, 1.54) is 7.05 Å². The molecule has 0 aromatic carbocycles. The zero-order chi connectivity index (χ0) is 13.1. The number of nitrogens with two attached hydrogens (primary N) is 1. The highest BCUT2D eigenvalue weighted by Crippen LogP contribution is 2.10. The van der Waals surface area contributed by atoms with Gasteiger partial charge in [0.05, 0.1) is 6.04 Å². The molecule has 0 saturated carbocycles. The zero-order valence-corrected chi connectivity index (χ0v) is 10.9. The van der Waals surface area contributed by atoms with Gasteiger partial charge in [-0.25, -0.2) is 9.69 Å². The summed E-state index contributed by atoms with van der Waals surface area (Å²) in [6.45, 7) is 8.87. The largest absolute Gasteiger partial charge is 0.443 e. The van der Waals surface area contributed by atoms with E-state index in [9.17, 15) is 9.59 Å². The molecule has 0 radical (unpaired) electrons. The van der Waals surface area contributed by atoms with Gasteiger partial charge in [-0.3, -0.25) is 4.79 Å². The standard InChI is InChI=1S/C11H22N2O3/c1-7(2)8(12)9(14)13(6)10(15)16-11(3,4)5/h7-8H,12H2,1-6H3/t8-/m0/s1. The summed E-state index contributed by atoms with van der Waals surface area (Å²) in [5.74, 6) is -0.443. The van der Waals surface area contributed by atoms with Gasteiger partial charge in [-0.05, 0) is 26.7 Å². The number of carbonyl (C=O) groups is 2. The first-order chi connectivity index (χ1) is 7.06. The zero-order valence-electron chi connectivity index (χ0n) is 10.9. The summed E-state index contributed by atoms with van der Waals surface area (Å²) < 4.78 is 5.06. The van der Waals surface area contributed by atoms with Crippen molar-refractivity contribution in [1.82, 2.24) is 4.90 Å². The number of ether oxygens (including phenoxy) is 1. The molecule has 0 rings (SSSR count). The molecule has 0 saturated heterocycles. The third kappa shape index (κ3) is 4.61. The molecule has 0 aliphatic heterocycles. The van der Waals surface area contributed by atoms with Gasteiger partial charge in [0.25, 0.3) is 0 Å². The maximum absolute atomic E-state index is 11.7.